The predicted octanol–water partition coefficient (Wildman–Crippen LogP) is 7.15. The number of para-hydroxylation sites is 1. The molecule has 0 radical (unpaired) electrons. The van der Waals surface area contributed by atoms with Gasteiger partial charge in [-0.3, -0.25) is 9.78 Å². The van der Waals surface area contributed by atoms with Crippen LogP contribution in [0, 0.1) is 11.6 Å². The highest BCUT2D eigenvalue weighted by Gasteiger charge is 2.61. The average Bonchev–Trinajstić information content (AvgIpc) is 3.23. The monoisotopic (exact) mass is 540 g/mol. The summed E-state index contributed by atoms with van der Waals surface area (Å²) in [7, 11) is 0. The molecule has 1 atom stereocenters. The maximum absolute atomic E-state index is 14.8. The van der Waals surface area contributed by atoms with Crippen LogP contribution in [0.4, 0.5) is 30.7 Å². The predicted molar refractivity (Wildman–Crippen MR) is 122 cm³/mol. The molecule has 1 N–H and O–H groups in total. The van der Waals surface area contributed by atoms with Crippen molar-refractivity contribution in [2.45, 2.75) is 24.6 Å². The van der Waals surface area contributed by atoms with Crippen molar-refractivity contribution in [3.8, 4) is 16.9 Å². The summed E-state index contributed by atoms with van der Waals surface area (Å²) in [4.78, 5) is 16.1. The summed E-state index contributed by atoms with van der Waals surface area (Å²) in [5.74, 6) is -8.11. The van der Waals surface area contributed by atoms with E-state index < -0.39 is 51.6 Å². The number of halogens is 7. The first-order chi connectivity index (χ1) is 17.5. The number of ether oxygens (including phenoxy) is 1. The zero-order valence-corrected chi connectivity index (χ0v) is 19.3. The van der Waals surface area contributed by atoms with Gasteiger partial charge in [-0.1, -0.05) is 18.2 Å². The summed E-state index contributed by atoms with van der Waals surface area (Å²) in [6, 6.07) is 9.56. The lowest BCUT2D eigenvalue weighted by Crippen LogP contribution is -2.37. The van der Waals surface area contributed by atoms with Gasteiger partial charge in [0.05, 0.1) is 28.4 Å². The van der Waals surface area contributed by atoms with Crippen LogP contribution < -0.4 is 10.1 Å². The average molecular weight is 540 g/mol. The standard InChI is InChI=1S/C25H15F7N2O2S/c26-13-9-12(10-14(27)11-13)15-5-7-33-20-19(24(28,29)25(30,31)32)22(37-21(15)20)23(35)34-17-6-8-36-18-4-2-1-3-16(17)18/h1-5,7,9-11,17H,6,8H2,(H,34,35)/t17-/m0/s1. The number of thiophene rings is 1. The second-order valence-corrected chi connectivity index (χ2v) is 9.29. The summed E-state index contributed by atoms with van der Waals surface area (Å²) in [6.45, 7) is 0.191. The fourth-order valence-corrected chi connectivity index (χ4v) is 5.47. The summed E-state index contributed by atoms with van der Waals surface area (Å²) in [6.07, 6.45) is -4.84. The normalized spacial score (nSPS) is 15.8. The maximum Gasteiger partial charge on any atom is 0.458 e. The van der Waals surface area contributed by atoms with E-state index in [4.69, 9.17) is 4.74 Å². The molecule has 192 valence electrons. The van der Waals surface area contributed by atoms with Gasteiger partial charge < -0.3 is 10.1 Å². The van der Waals surface area contributed by atoms with E-state index in [9.17, 15) is 35.5 Å². The minimum Gasteiger partial charge on any atom is -0.493 e. The van der Waals surface area contributed by atoms with Crippen LogP contribution in [0.25, 0.3) is 21.3 Å². The van der Waals surface area contributed by atoms with Gasteiger partial charge in [0.15, 0.2) is 0 Å². The third kappa shape index (κ3) is 4.39. The molecule has 2 aromatic heterocycles. The van der Waals surface area contributed by atoms with Gasteiger partial charge >= 0.3 is 12.1 Å². The Morgan fingerprint density at radius 3 is 2.43 bits per heavy atom. The van der Waals surface area contributed by atoms with E-state index in [1.54, 1.807) is 24.3 Å². The van der Waals surface area contributed by atoms with Crippen LogP contribution in [0.3, 0.4) is 0 Å². The first-order valence-corrected chi connectivity index (χ1v) is 11.6. The van der Waals surface area contributed by atoms with Crippen LogP contribution in [0.1, 0.15) is 33.3 Å². The SMILES string of the molecule is O=C(N[C@H]1CCOc2ccccc21)c1sc2c(-c3cc(F)cc(F)c3)ccnc2c1C(F)(F)C(F)(F)F. The fourth-order valence-electron chi connectivity index (χ4n) is 4.24. The third-order valence-electron chi connectivity index (χ3n) is 5.89. The Morgan fingerprint density at radius 1 is 1.03 bits per heavy atom. The van der Waals surface area contributed by atoms with Crippen molar-refractivity contribution in [3.05, 3.63) is 82.4 Å². The Balaban J connectivity index is 1.68. The first kappa shape index (κ1) is 25.0. The lowest BCUT2D eigenvalue weighted by molar-refractivity contribution is -0.288. The molecule has 0 saturated carbocycles. The Hall–Kier alpha value is -3.67. The highest BCUT2D eigenvalue weighted by Crippen LogP contribution is 2.51. The molecule has 0 aliphatic carbocycles. The smallest absolute Gasteiger partial charge is 0.458 e. The maximum atomic E-state index is 14.8. The molecule has 1 amide bonds. The van der Waals surface area contributed by atoms with Gasteiger partial charge in [-0.15, -0.1) is 11.3 Å². The second-order valence-electron chi connectivity index (χ2n) is 8.27. The fraction of sp³-hybridized carbons (Fsp3) is 0.200. The molecule has 37 heavy (non-hydrogen) atoms. The molecular weight excluding hydrogens is 525 g/mol. The zero-order valence-electron chi connectivity index (χ0n) is 18.5. The number of aromatic nitrogens is 1. The van der Waals surface area contributed by atoms with Gasteiger partial charge in [0, 0.05) is 29.8 Å². The van der Waals surface area contributed by atoms with E-state index in [0.29, 0.717) is 28.7 Å². The Kier molecular flexibility index (Phi) is 6.09. The van der Waals surface area contributed by atoms with E-state index in [1.165, 1.54) is 6.07 Å². The molecule has 0 fully saturated rings. The molecule has 12 heteroatoms. The van der Waals surface area contributed by atoms with Crippen molar-refractivity contribution in [3.63, 3.8) is 0 Å². The molecule has 0 bridgehead atoms. The first-order valence-electron chi connectivity index (χ1n) is 10.8. The topological polar surface area (TPSA) is 51.2 Å². The van der Waals surface area contributed by atoms with Crippen molar-refractivity contribution in [2.24, 2.45) is 0 Å². The van der Waals surface area contributed by atoms with Crippen molar-refractivity contribution in [1.29, 1.82) is 0 Å². The summed E-state index contributed by atoms with van der Waals surface area (Å²) in [5, 5.41) is 2.54. The number of alkyl halides is 5. The number of carbonyl (C=O) groups is 1. The van der Waals surface area contributed by atoms with E-state index in [0.717, 1.165) is 18.3 Å². The number of hydrogen-bond donors (Lipinski definition) is 1. The van der Waals surface area contributed by atoms with Gasteiger partial charge in [-0.05, 0) is 29.8 Å². The van der Waals surface area contributed by atoms with Crippen LogP contribution >= 0.6 is 11.3 Å². The molecule has 4 nitrogen and oxygen atoms in total. The van der Waals surface area contributed by atoms with Gasteiger partial charge in [-0.25, -0.2) is 8.78 Å². The van der Waals surface area contributed by atoms with Crippen molar-refractivity contribution in [1.82, 2.24) is 10.3 Å². The van der Waals surface area contributed by atoms with Crippen LogP contribution in [-0.4, -0.2) is 23.7 Å². The molecule has 4 aromatic rings. The number of fused-ring (bicyclic) bond motifs is 2. The number of rotatable bonds is 4. The highest BCUT2D eigenvalue weighted by molar-refractivity contribution is 7.21. The summed E-state index contributed by atoms with van der Waals surface area (Å²) < 4.78 is 103. The molecule has 5 rings (SSSR count). The van der Waals surface area contributed by atoms with Gasteiger partial charge in [0.1, 0.15) is 22.3 Å². The third-order valence-corrected chi connectivity index (χ3v) is 7.10. The molecule has 2 aromatic carbocycles. The largest absolute Gasteiger partial charge is 0.493 e. The number of nitrogens with one attached hydrogen (secondary N) is 1. The lowest BCUT2D eigenvalue weighted by atomic mass is 9.99. The van der Waals surface area contributed by atoms with E-state index in [2.05, 4.69) is 10.3 Å². The number of benzene rings is 2. The number of amides is 1. The van der Waals surface area contributed by atoms with Crippen LogP contribution in [0.15, 0.2) is 54.7 Å². The quantitative estimate of drug-likeness (QED) is 0.280. The van der Waals surface area contributed by atoms with E-state index in [-0.39, 0.29) is 28.9 Å². The van der Waals surface area contributed by atoms with Gasteiger partial charge in [0.2, 0.25) is 0 Å². The number of pyridine rings is 1. The molecule has 0 saturated heterocycles. The second kappa shape index (κ2) is 9.02. The van der Waals surface area contributed by atoms with E-state index in [1.807, 2.05) is 0 Å². The lowest BCUT2D eigenvalue weighted by Gasteiger charge is -2.27. The van der Waals surface area contributed by atoms with Crippen LogP contribution in [0.2, 0.25) is 0 Å². The van der Waals surface area contributed by atoms with Crippen LogP contribution in [0.5, 0.6) is 5.75 Å². The molecule has 3 heterocycles. The highest BCUT2D eigenvalue weighted by atomic mass is 32.1. The van der Waals surface area contributed by atoms with Gasteiger partial charge in [0.25, 0.3) is 5.91 Å². The Bertz CT molecular complexity index is 1500. The summed E-state index contributed by atoms with van der Waals surface area (Å²) >= 11 is 0.347. The molecule has 0 unspecified atom stereocenters. The minimum atomic E-state index is -6.04. The van der Waals surface area contributed by atoms with Gasteiger partial charge in [-0.2, -0.15) is 22.0 Å². The van der Waals surface area contributed by atoms with Crippen LogP contribution in [-0.2, 0) is 5.92 Å². The number of hydrogen-bond acceptors (Lipinski definition) is 4. The number of carbonyl (C=O) groups excluding carboxylic acids is 1. The Labute approximate surface area is 208 Å². The number of nitrogens with zero attached hydrogens (tertiary/aromatic N) is 1. The molecule has 1 aliphatic heterocycles. The van der Waals surface area contributed by atoms with Crippen molar-refractivity contribution < 1.29 is 40.3 Å². The summed E-state index contributed by atoms with van der Waals surface area (Å²) in [5.41, 5.74) is -2.02. The van der Waals surface area contributed by atoms with Crippen molar-refractivity contribution >= 4 is 27.5 Å². The molecular formula is C25H15F7N2O2S. The zero-order chi connectivity index (χ0) is 26.5. The molecule has 1 aliphatic rings. The van der Waals surface area contributed by atoms with Crippen molar-refractivity contribution in [2.75, 3.05) is 6.61 Å². The molecule has 0 spiro atoms. The Morgan fingerprint density at radius 2 is 1.73 bits per heavy atom. The van der Waals surface area contributed by atoms with E-state index >= 15 is 0 Å². The minimum absolute atomic E-state index is 0.0527.